The first kappa shape index (κ1) is 28.6. The number of rotatable bonds is 6. The number of carboxylic acid groups (broad SMARTS) is 1. The maximum atomic E-state index is 13.3. The first-order valence-corrected chi connectivity index (χ1v) is 11.7. The van der Waals surface area contributed by atoms with Crippen molar-refractivity contribution >= 4 is 28.8 Å². The van der Waals surface area contributed by atoms with Gasteiger partial charge in [0.25, 0.3) is 0 Å². The number of carbonyl (C=O) groups is 1. The van der Waals surface area contributed by atoms with Crippen molar-refractivity contribution in [1.29, 1.82) is 0 Å². The van der Waals surface area contributed by atoms with Gasteiger partial charge in [-0.1, -0.05) is 11.8 Å². The molecule has 2 aromatic carbocycles. The van der Waals surface area contributed by atoms with Gasteiger partial charge >= 0.3 is 12.3 Å². The highest BCUT2D eigenvalue weighted by Crippen LogP contribution is 2.33. The number of nitrogen functional groups attached to an aromatic ring is 2. The molecule has 0 bridgehead atoms. The van der Waals surface area contributed by atoms with Gasteiger partial charge in [-0.3, -0.25) is 4.79 Å². The zero-order valence-electron chi connectivity index (χ0n) is 21.6. The highest BCUT2D eigenvalue weighted by Gasteiger charge is 2.29. The summed E-state index contributed by atoms with van der Waals surface area (Å²) in [5.74, 6) is 5.98. The number of benzene rings is 2. The maximum absolute atomic E-state index is 13.3. The van der Waals surface area contributed by atoms with Gasteiger partial charge in [0.05, 0.1) is 31.5 Å². The molecule has 14 heteroatoms. The third-order valence-electron chi connectivity index (χ3n) is 5.79. The minimum Gasteiger partial charge on any atom is -0.493 e. The van der Waals surface area contributed by atoms with Crippen LogP contribution >= 0.6 is 0 Å². The molecule has 212 valence electrons. The summed E-state index contributed by atoms with van der Waals surface area (Å²) in [6.45, 7) is -1.50. The fourth-order valence-electron chi connectivity index (χ4n) is 4.08. The van der Waals surface area contributed by atoms with E-state index in [1.54, 1.807) is 12.1 Å². The molecule has 0 saturated heterocycles. The monoisotopic (exact) mass is 569 g/mol. The Bertz CT molecular complexity index is 1780. The van der Waals surface area contributed by atoms with Gasteiger partial charge in [-0.25, -0.2) is 9.78 Å². The molecule has 0 unspecified atom stereocenters. The number of pyridine rings is 1. The van der Waals surface area contributed by atoms with Crippen LogP contribution in [0.15, 0.2) is 47.5 Å². The molecule has 4 rings (SSSR count). The molecule has 4 aromatic rings. The van der Waals surface area contributed by atoms with Crippen molar-refractivity contribution in [2.24, 2.45) is 0 Å². The van der Waals surface area contributed by atoms with Crippen LogP contribution in [0.2, 0.25) is 0 Å². The number of fused-ring (bicyclic) bond motifs is 1. The summed E-state index contributed by atoms with van der Waals surface area (Å²) in [5, 5.41) is 8.69. The largest absolute Gasteiger partial charge is 0.511 e. The van der Waals surface area contributed by atoms with Crippen molar-refractivity contribution in [3.05, 3.63) is 75.2 Å². The molecule has 5 N–H and O–H groups in total. The Labute approximate surface area is 230 Å². The van der Waals surface area contributed by atoms with E-state index in [9.17, 15) is 22.8 Å². The van der Waals surface area contributed by atoms with E-state index < -0.39 is 30.1 Å². The molecular formula is C27H22F3N5O6. The third-order valence-corrected chi connectivity index (χ3v) is 5.79. The minimum atomic E-state index is -4.67. The summed E-state index contributed by atoms with van der Waals surface area (Å²) in [7, 11) is 2.88. The number of hydrogen-bond donors (Lipinski definition) is 3. The Morgan fingerprint density at radius 1 is 1.10 bits per heavy atom. The highest BCUT2D eigenvalue weighted by atomic mass is 19.4. The molecule has 0 aliphatic heterocycles. The van der Waals surface area contributed by atoms with Crippen LogP contribution in [-0.4, -0.2) is 46.2 Å². The van der Waals surface area contributed by atoms with Gasteiger partial charge in [0.15, 0.2) is 17.2 Å². The van der Waals surface area contributed by atoms with Crippen molar-refractivity contribution in [3.8, 4) is 29.1 Å². The predicted molar refractivity (Wildman–Crippen MR) is 142 cm³/mol. The average Bonchev–Trinajstić information content (AvgIpc) is 2.90. The third kappa shape index (κ3) is 6.59. The predicted octanol–water partition coefficient (Wildman–Crippen LogP) is 3.58. The Morgan fingerprint density at radius 3 is 2.49 bits per heavy atom. The quantitative estimate of drug-likeness (QED) is 0.231. The van der Waals surface area contributed by atoms with Gasteiger partial charge in [-0.15, -0.1) is 0 Å². The number of halogens is 3. The summed E-state index contributed by atoms with van der Waals surface area (Å²) in [5.41, 5.74) is 12.5. The lowest BCUT2D eigenvalue weighted by Gasteiger charge is -2.15. The molecule has 0 spiro atoms. The van der Waals surface area contributed by atoms with Gasteiger partial charge in [-0.05, 0) is 35.9 Å². The molecule has 0 aliphatic carbocycles. The second kappa shape index (κ2) is 11.3. The van der Waals surface area contributed by atoms with Crippen LogP contribution < -0.4 is 31.1 Å². The summed E-state index contributed by atoms with van der Waals surface area (Å²) < 4.78 is 55.9. The fraction of sp³-hybridized carbons (Fsp3) is 0.185. The van der Waals surface area contributed by atoms with E-state index in [0.29, 0.717) is 39.8 Å². The number of alkyl halides is 3. The highest BCUT2D eigenvalue weighted by molar-refractivity contribution is 5.82. The standard InChI is InChI=1S/C27H22F3N5O6/c1-39-20-10-15(8-17-11-33-25(32)34-24(17)31)7-16(23(20)40-2)5-3-14-4-6-18-19(9-14)35(13-27(28,29)30)12-21(22(18)36)41-26(37)38/h4,6-7,9-12H,8,13H2,1-2H3,(H,37,38)(H4,31,32,33,34). The van der Waals surface area contributed by atoms with Crippen molar-refractivity contribution in [1.82, 2.24) is 14.5 Å². The van der Waals surface area contributed by atoms with Crippen molar-refractivity contribution in [2.75, 3.05) is 25.7 Å². The molecule has 0 aliphatic rings. The zero-order valence-corrected chi connectivity index (χ0v) is 21.6. The summed E-state index contributed by atoms with van der Waals surface area (Å²) >= 11 is 0. The number of nitrogens with zero attached hydrogens (tertiary/aromatic N) is 3. The van der Waals surface area contributed by atoms with Crippen LogP contribution in [0, 0.1) is 11.8 Å². The lowest BCUT2D eigenvalue weighted by molar-refractivity contribution is -0.140. The molecule has 11 nitrogen and oxygen atoms in total. The Hall–Kier alpha value is -5.45. The smallest absolute Gasteiger partial charge is 0.493 e. The SMILES string of the molecule is COc1cc(Cc2cnc(N)nc2N)cc(C#Cc2ccc3c(=O)c(OC(=O)O)cn(CC(F)(F)F)c3c2)c1OC. The number of anilines is 2. The molecule has 0 saturated carbocycles. The second-order valence-corrected chi connectivity index (χ2v) is 8.61. The normalized spacial score (nSPS) is 11.0. The summed E-state index contributed by atoms with van der Waals surface area (Å²) in [6, 6.07) is 7.41. The lowest BCUT2D eigenvalue weighted by Crippen LogP contribution is -2.22. The number of nitrogens with two attached hydrogens (primary N) is 2. The number of aromatic nitrogens is 3. The molecule has 2 heterocycles. The van der Waals surface area contributed by atoms with Gasteiger partial charge in [0.1, 0.15) is 12.4 Å². The zero-order chi connectivity index (χ0) is 29.9. The average molecular weight is 569 g/mol. The van der Waals surface area contributed by atoms with Crippen molar-refractivity contribution in [2.45, 2.75) is 19.1 Å². The van der Waals surface area contributed by atoms with E-state index in [2.05, 4.69) is 26.5 Å². The van der Waals surface area contributed by atoms with E-state index in [-0.39, 0.29) is 28.2 Å². The Kier molecular flexibility index (Phi) is 7.90. The van der Waals surface area contributed by atoms with E-state index in [1.165, 1.54) is 38.6 Å². The molecule has 0 radical (unpaired) electrons. The molecule has 41 heavy (non-hydrogen) atoms. The topological polar surface area (TPSA) is 165 Å². The van der Waals surface area contributed by atoms with Crippen LogP contribution in [0.4, 0.5) is 29.7 Å². The van der Waals surface area contributed by atoms with Crippen LogP contribution in [0.1, 0.15) is 22.3 Å². The van der Waals surface area contributed by atoms with Crippen LogP contribution in [0.3, 0.4) is 0 Å². The fourth-order valence-corrected chi connectivity index (χ4v) is 4.08. The Balaban J connectivity index is 1.81. The molecule has 0 fully saturated rings. The van der Waals surface area contributed by atoms with Crippen molar-refractivity contribution in [3.63, 3.8) is 0 Å². The van der Waals surface area contributed by atoms with Crippen LogP contribution in [0.25, 0.3) is 10.9 Å². The number of hydrogen-bond acceptors (Lipinski definition) is 9. The number of methoxy groups -OCH3 is 2. The van der Waals surface area contributed by atoms with Crippen molar-refractivity contribution < 1.29 is 37.3 Å². The van der Waals surface area contributed by atoms with E-state index in [4.69, 9.17) is 26.0 Å². The first-order chi connectivity index (χ1) is 19.4. The first-order valence-electron chi connectivity index (χ1n) is 11.7. The van der Waals surface area contributed by atoms with Gasteiger partial charge < -0.3 is 35.4 Å². The molecule has 0 amide bonds. The molecule has 0 atom stereocenters. The van der Waals surface area contributed by atoms with Gasteiger partial charge in [0.2, 0.25) is 11.4 Å². The Morgan fingerprint density at radius 2 is 1.85 bits per heavy atom. The molecular weight excluding hydrogens is 547 g/mol. The van der Waals surface area contributed by atoms with Crippen LogP contribution in [-0.2, 0) is 13.0 Å². The van der Waals surface area contributed by atoms with Gasteiger partial charge in [-0.2, -0.15) is 18.2 Å². The van der Waals surface area contributed by atoms with E-state index in [0.717, 1.165) is 5.56 Å². The van der Waals surface area contributed by atoms with E-state index in [1.807, 2.05) is 0 Å². The summed E-state index contributed by atoms with van der Waals surface area (Å²) in [4.78, 5) is 31.5. The summed E-state index contributed by atoms with van der Waals surface area (Å²) in [6.07, 6.45) is -3.99. The van der Waals surface area contributed by atoms with Crippen LogP contribution in [0.5, 0.6) is 17.2 Å². The second-order valence-electron chi connectivity index (χ2n) is 8.61. The minimum absolute atomic E-state index is 0.0341. The van der Waals surface area contributed by atoms with E-state index >= 15 is 0 Å². The number of ether oxygens (including phenoxy) is 3. The molecule has 2 aromatic heterocycles. The maximum Gasteiger partial charge on any atom is 0.511 e. The van der Waals surface area contributed by atoms with Gasteiger partial charge in [0, 0.05) is 29.1 Å². The lowest BCUT2D eigenvalue weighted by atomic mass is 10.0.